The number of hydrogen-bond donors (Lipinski definition) is 1. The van der Waals surface area contributed by atoms with Crippen LogP contribution < -0.4 is 4.90 Å². The van der Waals surface area contributed by atoms with Gasteiger partial charge in [0.05, 0.1) is 17.7 Å². The highest BCUT2D eigenvalue weighted by Gasteiger charge is 2.13. The molecule has 0 aliphatic heterocycles. The Bertz CT molecular complexity index is 617. The van der Waals surface area contributed by atoms with E-state index >= 15 is 0 Å². The van der Waals surface area contributed by atoms with Gasteiger partial charge in [0.15, 0.2) is 0 Å². The second-order valence-corrected chi connectivity index (χ2v) is 4.78. The minimum atomic E-state index is -0.575. The molecule has 1 aromatic carbocycles. The maximum absolute atomic E-state index is 9.86. The fourth-order valence-corrected chi connectivity index (χ4v) is 2.15. The van der Waals surface area contributed by atoms with Crippen LogP contribution in [-0.4, -0.2) is 17.1 Å². The predicted octanol–water partition coefficient (Wildman–Crippen LogP) is 2.64. The average molecular weight is 267 g/mol. The highest BCUT2D eigenvalue weighted by molar-refractivity contribution is 5.58. The normalized spacial score (nSPS) is 11.7. The van der Waals surface area contributed by atoms with Gasteiger partial charge in [-0.2, -0.15) is 5.26 Å². The second kappa shape index (κ2) is 6.18. The van der Waals surface area contributed by atoms with E-state index in [0.29, 0.717) is 12.1 Å². The Morgan fingerprint density at radius 3 is 2.80 bits per heavy atom. The van der Waals surface area contributed by atoms with Gasteiger partial charge in [0.2, 0.25) is 0 Å². The number of aliphatic hydroxyl groups excluding tert-OH is 1. The summed E-state index contributed by atoms with van der Waals surface area (Å²) in [6.07, 6.45) is 2.97. The lowest BCUT2D eigenvalue weighted by Crippen LogP contribution is -2.19. The van der Waals surface area contributed by atoms with E-state index in [0.717, 1.165) is 16.8 Å². The summed E-state index contributed by atoms with van der Waals surface area (Å²) in [5.74, 6) is 0. The van der Waals surface area contributed by atoms with Gasteiger partial charge >= 0.3 is 0 Å². The zero-order chi connectivity index (χ0) is 14.5. The van der Waals surface area contributed by atoms with Gasteiger partial charge in [-0.3, -0.25) is 4.98 Å². The highest BCUT2D eigenvalue weighted by atomic mass is 16.3. The van der Waals surface area contributed by atoms with E-state index in [4.69, 9.17) is 5.26 Å². The number of anilines is 1. The fraction of sp³-hybridized carbons (Fsp3) is 0.250. The summed E-state index contributed by atoms with van der Waals surface area (Å²) in [4.78, 5) is 6.11. The molecule has 0 fully saturated rings. The third-order valence-corrected chi connectivity index (χ3v) is 3.16. The monoisotopic (exact) mass is 267 g/mol. The third-order valence-electron chi connectivity index (χ3n) is 3.16. The van der Waals surface area contributed by atoms with E-state index in [-0.39, 0.29) is 0 Å². The Hall–Kier alpha value is -2.38. The minimum absolute atomic E-state index is 0.575. The molecular formula is C16H17N3O. The molecule has 0 amide bonds. The quantitative estimate of drug-likeness (QED) is 0.925. The first-order valence-corrected chi connectivity index (χ1v) is 6.44. The lowest BCUT2D eigenvalue weighted by molar-refractivity contribution is 0.199. The van der Waals surface area contributed by atoms with Crippen molar-refractivity contribution in [1.29, 1.82) is 5.26 Å². The molecule has 0 aliphatic carbocycles. The van der Waals surface area contributed by atoms with Gasteiger partial charge in [0.1, 0.15) is 0 Å². The molecule has 0 spiro atoms. The van der Waals surface area contributed by atoms with E-state index in [1.165, 1.54) is 0 Å². The minimum Gasteiger partial charge on any atom is -0.389 e. The molecule has 1 aromatic heterocycles. The summed E-state index contributed by atoms with van der Waals surface area (Å²) in [5, 5.41) is 18.9. The molecule has 1 heterocycles. The van der Waals surface area contributed by atoms with Gasteiger partial charge in [-0.15, -0.1) is 0 Å². The largest absolute Gasteiger partial charge is 0.389 e. The topological polar surface area (TPSA) is 60.1 Å². The molecule has 1 N–H and O–H groups in total. The SMILES string of the molecule is C[C@H](O)c1ccc(C#N)cc1N(C)Cc1cccnc1. The Balaban J connectivity index is 2.32. The molecule has 0 unspecified atom stereocenters. The van der Waals surface area contributed by atoms with Crippen molar-refractivity contribution in [3.8, 4) is 6.07 Å². The molecule has 0 bridgehead atoms. The Labute approximate surface area is 118 Å². The number of pyridine rings is 1. The van der Waals surface area contributed by atoms with Crippen LogP contribution in [0.2, 0.25) is 0 Å². The van der Waals surface area contributed by atoms with Crippen molar-refractivity contribution < 1.29 is 5.11 Å². The lowest BCUT2D eigenvalue weighted by atomic mass is 10.0. The van der Waals surface area contributed by atoms with E-state index in [1.54, 1.807) is 31.3 Å². The van der Waals surface area contributed by atoms with Crippen molar-refractivity contribution in [3.05, 3.63) is 59.4 Å². The number of hydrogen-bond acceptors (Lipinski definition) is 4. The molecule has 102 valence electrons. The van der Waals surface area contributed by atoms with E-state index in [1.807, 2.05) is 30.3 Å². The molecule has 4 heteroatoms. The van der Waals surface area contributed by atoms with Crippen LogP contribution in [0.4, 0.5) is 5.69 Å². The zero-order valence-corrected chi connectivity index (χ0v) is 11.6. The van der Waals surface area contributed by atoms with E-state index in [2.05, 4.69) is 11.1 Å². The number of aliphatic hydroxyl groups is 1. The third kappa shape index (κ3) is 3.14. The van der Waals surface area contributed by atoms with Crippen LogP contribution >= 0.6 is 0 Å². The number of benzene rings is 1. The van der Waals surface area contributed by atoms with Crippen LogP contribution in [0.25, 0.3) is 0 Å². The second-order valence-electron chi connectivity index (χ2n) is 4.78. The molecule has 0 aliphatic rings. The molecule has 2 aromatic rings. The number of nitrogens with zero attached hydrogens (tertiary/aromatic N) is 3. The Morgan fingerprint density at radius 2 is 2.20 bits per heavy atom. The Morgan fingerprint density at radius 1 is 1.40 bits per heavy atom. The van der Waals surface area contributed by atoms with Gasteiger partial charge in [0, 0.05) is 37.2 Å². The fourth-order valence-electron chi connectivity index (χ4n) is 2.15. The maximum Gasteiger partial charge on any atom is 0.0992 e. The number of aromatic nitrogens is 1. The van der Waals surface area contributed by atoms with E-state index in [9.17, 15) is 5.11 Å². The summed E-state index contributed by atoms with van der Waals surface area (Å²) in [6.45, 7) is 2.39. The molecule has 4 nitrogen and oxygen atoms in total. The summed E-state index contributed by atoms with van der Waals surface area (Å²) in [6, 6.07) is 11.4. The molecule has 1 atom stereocenters. The van der Waals surface area contributed by atoms with Gasteiger partial charge < -0.3 is 10.0 Å². The molecule has 0 radical (unpaired) electrons. The van der Waals surface area contributed by atoms with Crippen LogP contribution in [0.3, 0.4) is 0 Å². The smallest absolute Gasteiger partial charge is 0.0992 e. The van der Waals surface area contributed by atoms with Crippen LogP contribution in [0.15, 0.2) is 42.7 Å². The summed E-state index contributed by atoms with van der Waals surface area (Å²) in [5.41, 5.74) is 3.34. The average Bonchev–Trinajstić information content (AvgIpc) is 2.47. The molecule has 2 rings (SSSR count). The van der Waals surface area contributed by atoms with Crippen LogP contribution in [0, 0.1) is 11.3 Å². The van der Waals surface area contributed by atoms with Crippen molar-refractivity contribution in [2.75, 3.05) is 11.9 Å². The first kappa shape index (κ1) is 14.0. The molecule has 0 saturated heterocycles. The van der Waals surface area contributed by atoms with Crippen molar-refractivity contribution in [3.63, 3.8) is 0 Å². The predicted molar refractivity (Wildman–Crippen MR) is 78.1 cm³/mol. The molecule has 0 saturated carbocycles. The van der Waals surface area contributed by atoms with Crippen molar-refractivity contribution in [1.82, 2.24) is 4.98 Å². The summed E-state index contributed by atoms with van der Waals surface area (Å²) < 4.78 is 0. The zero-order valence-electron chi connectivity index (χ0n) is 11.6. The Kier molecular flexibility index (Phi) is 4.34. The van der Waals surface area contributed by atoms with Crippen molar-refractivity contribution in [2.45, 2.75) is 19.6 Å². The lowest BCUT2D eigenvalue weighted by Gasteiger charge is -2.24. The molecule has 20 heavy (non-hydrogen) atoms. The van der Waals surface area contributed by atoms with Gasteiger partial charge in [-0.1, -0.05) is 12.1 Å². The first-order chi connectivity index (χ1) is 9.61. The molecular weight excluding hydrogens is 250 g/mol. The van der Waals surface area contributed by atoms with E-state index < -0.39 is 6.10 Å². The van der Waals surface area contributed by atoms with Crippen molar-refractivity contribution >= 4 is 5.69 Å². The van der Waals surface area contributed by atoms with Gasteiger partial charge in [-0.05, 0) is 30.7 Å². The first-order valence-electron chi connectivity index (χ1n) is 6.44. The van der Waals surface area contributed by atoms with Crippen molar-refractivity contribution in [2.24, 2.45) is 0 Å². The van der Waals surface area contributed by atoms with Crippen LogP contribution in [-0.2, 0) is 6.54 Å². The van der Waals surface area contributed by atoms with Crippen LogP contribution in [0.5, 0.6) is 0 Å². The summed E-state index contributed by atoms with van der Waals surface area (Å²) >= 11 is 0. The van der Waals surface area contributed by atoms with Gasteiger partial charge in [0.25, 0.3) is 0 Å². The maximum atomic E-state index is 9.86. The van der Waals surface area contributed by atoms with Crippen LogP contribution in [0.1, 0.15) is 29.7 Å². The number of nitriles is 1. The highest BCUT2D eigenvalue weighted by Crippen LogP contribution is 2.27. The summed E-state index contributed by atoms with van der Waals surface area (Å²) in [7, 11) is 1.94. The number of rotatable bonds is 4. The van der Waals surface area contributed by atoms with Gasteiger partial charge in [-0.25, -0.2) is 0 Å². The standard InChI is InChI=1S/C16H17N3O/c1-12(20)15-6-5-13(9-17)8-16(15)19(2)11-14-4-3-7-18-10-14/h3-8,10,12,20H,11H2,1-2H3/t12-/m0/s1.